The second kappa shape index (κ2) is 5.99. The molecule has 9 heteroatoms. The van der Waals surface area contributed by atoms with Crippen molar-refractivity contribution >= 4 is 37.1 Å². The molecule has 1 unspecified atom stereocenters. The number of rotatable bonds is 5. The monoisotopic (exact) mass is 348 g/mol. The Hall–Kier alpha value is -1.03. The van der Waals surface area contributed by atoms with Crippen molar-refractivity contribution in [3.63, 3.8) is 0 Å². The summed E-state index contributed by atoms with van der Waals surface area (Å²) < 4.78 is 49.5. The fraction of sp³-hybridized carbons (Fsp3) is 0.417. The molecular formula is C12H16N2O4S3. The summed E-state index contributed by atoms with van der Waals surface area (Å²) in [4.78, 5) is 0.129. The van der Waals surface area contributed by atoms with E-state index in [9.17, 15) is 16.8 Å². The molecule has 0 aliphatic carbocycles. The van der Waals surface area contributed by atoms with E-state index in [0.29, 0.717) is 17.5 Å². The molecule has 2 rings (SSSR count). The molecule has 6 nitrogen and oxygen atoms in total. The van der Waals surface area contributed by atoms with E-state index in [1.807, 2.05) is 0 Å². The Morgan fingerprint density at radius 2 is 2.05 bits per heavy atom. The Balaban J connectivity index is 2.14. The summed E-state index contributed by atoms with van der Waals surface area (Å²) in [5.41, 5.74) is 6.58. The third kappa shape index (κ3) is 4.47. The molecule has 1 heterocycles. The Kier molecular flexibility index (Phi) is 4.66. The summed E-state index contributed by atoms with van der Waals surface area (Å²) in [6, 6.07) is 6.16. The summed E-state index contributed by atoms with van der Waals surface area (Å²) in [7, 11) is -6.78. The van der Waals surface area contributed by atoms with Gasteiger partial charge in [0, 0.05) is 11.6 Å². The number of nitrogens with one attached hydrogen (secondary N) is 1. The van der Waals surface area contributed by atoms with Crippen LogP contribution in [0.2, 0.25) is 0 Å². The first-order valence-corrected chi connectivity index (χ1v) is 10.1. The maximum absolute atomic E-state index is 12.2. The normalized spacial score (nSPS) is 21.2. The van der Waals surface area contributed by atoms with Gasteiger partial charge in [-0.15, -0.1) is 0 Å². The first-order valence-electron chi connectivity index (χ1n) is 6.27. The highest BCUT2D eigenvalue weighted by molar-refractivity contribution is 7.92. The van der Waals surface area contributed by atoms with Gasteiger partial charge in [-0.05, 0) is 12.0 Å². The highest BCUT2D eigenvalue weighted by Crippen LogP contribution is 2.16. The highest BCUT2D eigenvalue weighted by Gasteiger charge is 2.31. The first kappa shape index (κ1) is 16.3. The van der Waals surface area contributed by atoms with Gasteiger partial charge in [-0.2, -0.15) is 0 Å². The minimum Gasteiger partial charge on any atom is -0.389 e. The molecule has 1 aromatic rings. The van der Waals surface area contributed by atoms with E-state index in [0.717, 1.165) is 0 Å². The molecule has 1 aliphatic heterocycles. The first-order chi connectivity index (χ1) is 9.69. The lowest BCUT2D eigenvalue weighted by Crippen LogP contribution is -2.36. The van der Waals surface area contributed by atoms with Crippen molar-refractivity contribution in [2.75, 3.05) is 11.5 Å². The fourth-order valence-corrected chi connectivity index (χ4v) is 5.71. The van der Waals surface area contributed by atoms with Crippen LogP contribution in [-0.4, -0.2) is 39.4 Å². The predicted octanol–water partition coefficient (Wildman–Crippen LogP) is -0.0727. The van der Waals surface area contributed by atoms with Crippen LogP contribution in [0.25, 0.3) is 0 Å². The van der Waals surface area contributed by atoms with E-state index in [4.69, 9.17) is 18.0 Å². The largest absolute Gasteiger partial charge is 0.389 e. The average molecular weight is 348 g/mol. The van der Waals surface area contributed by atoms with E-state index in [2.05, 4.69) is 4.72 Å². The van der Waals surface area contributed by atoms with Crippen molar-refractivity contribution in [1.82, 2.24) is 4.72 Å². The Labute approximate surface area is 129 Å². The van der Waals surface area contributed by atoms with Crippen molar-refractivity contribution in [3.05, 3.63) is 35.4 Å². The molecule has 1 aliphatic rings. The molecule has 21 heavy (non-hydrogen) atoms. The number of sulfonamides is 1. The Morgan fingerprint density at radius 3 is 2.62 bits per heavy atom. The molecule has 0 radical (unpaired) electrons. The molecule has 0 saturated carbocycles. The van der Waals surface area contributed by atoms with Gasteiger partial charge in [0.25, 0.3) is 0 Å². The van der Waals surface area contributed by atoms with E-state index >= 15 is 0 Å². The van der Waals surface area contributed by atoms with E-state index in [-0.39, 0.29) is 22.2 Å². The maximum Gasteiger partial charge on any atom is 0.216 e. The SMILES string of the molecule is NC(=S)c1ccccc1CS(=O)(=O)NC1CCS(=O)(=O)C1. The minimum atomic E-state index is -3.65. The number of thiocarbonyl (C=S) groups is 1. The molecule has 0 spiro atoms. The minimum absolute atomic E-state index is 0.0175. The molecule has 1 atom stereocenters. The van der Waals surface area contributed by atoms with Gasteiger partial charge >= 0.3 is 0 Å². The lowest BCUT2D eigenvalue weighted by Gasteiger charge is -2.13. The zero-order valence-corrected chi connectivity index (χ0v) is 13.6. The summed E-state index contributed by atoms with van der Waals surface area (Å²) in [6.07, 6.45) is 0.304. The van der Waals surface area contributed by atoms with Crippen LogP contribution in [0.3, 0.4) is 0 Å². The Bertz CT molecular complexity index is 756. The second-order valence-corrected chi connectivity index (χ2v) is 9.42. The summed E-state index contributed by atoms with van der Waals surface area (Å²) in [5.74, 6) is -0.413. The zero-order valence-electron chi connectivity index (χ0n) is 11.2. The van der Waals surface area contributed by atoms with Crippen molar-refractivity contribution in [2.45, 2.75) is 18.2 Å². The molecule has 1 saturated heterocycles. The van der Waals surface area contributed by atoms with E-state index in [1.165, 1.54) is 0 Å². The fourth-order valence-electron chi connectivity index (χ4n) is 2.27. The van der Waals surface area contributed by atoms with Gasteiger partial charge in [0.1, 0.15) is 4.99 Å². The number of nitrogens with two attached hydrogens (primary N) is 1. The molecule has 0 bridgehead atoms. The second-order valence-electron chi connectivity index (χ2n) is 5.00. The van der Waals surface area contributed by atoms with E-state index in [1.54, 1.807) is 24.3 Å². The highest BCUT2D eigenvalue weighted by atomic mass is 32.2. The number of hydrogen-bond donors (Lipinski definition) is 2. The average Bonchev–Trinajstić information content (AvgIpc) is 2.67. The third-order valence-electron chi connectivity index (χ3n) is 3.21. The smallest absolute Gasteiger partial charge is 0.216 e. The summed E-state index contributed by atoms with van der Waals surface area (Å²) in [5, 5.41) is 0. The zero-order chi connectivity index (χ0) is 15.7. The van der Waals surface area contributed by atoms with Gasteiger partial charge in [0.15, 0.2) is 9.84 Å². The van der Waals surface area contributed by atoms with Gasteiger partial charge < -0.3 is 5.73 Å². The molecule has 1 aromatic carbocycles. The van der Waals surface area contributed by atoms with E-state index < -0.39 is 25.9 Å². The van der Waals surface area contributed by atoms with Crippen LogP contribution in [0.1, 0.15) is 17.5 Å². The molecule has 1 fully saturated rings. The van der Waals surface area contributed by atoms with Crippen LogP contribution in [0.5, 0.6) is 0 Å². The van der Waals surface area contributed by atoms with Crippen molar-refractivity contribution in [1.29, 1.82) is 0 Å². The van der Waals surface area contributed by atoms with Gasteiger partial charge in [-0.1, -0.05) is 36.5 Å². The van der Waals surface area contributed by atoms with Gasteiger partial charge in [-0.25, -0.2) is 21.6 Å². The Morgan fingerprint density at radius 1 is 1.38 bits per heavy atom. The quantitative estimate of drug-likeness (QED) is 0.721. The van der Waals surface area contributed by atoms with Crippen LogP contribution < -0.4 is 10.5 Å². The van der Waals surface area contributed by atoms with Gasteiger partial charge in [-0.3, -0.25) is 0 Å². The lowest BCUT2D eigenvalue weighted by atomic mass is 10.1. The van der Waals surface area contributed by atoms with Gasteiger partial charge in [0.05, 0.1) is 17.3 Å². The maximum atomic E-state index is 12.2. The van der Waals surface area contributed by atoms with Crippen LogP contribution >= 0.6 is 12.2 Å². The lowest BCUT2D eigenvalue weighted by molar-refractivity contribution is 0.561. The standard InChI is InChI=1S/C12H16N2O4S3/c13-12(19)11-4-2-1-3-9(11)7-21(17,18)14-10-5-6-20(15,16)8-10/h1-4,10,14H,5-8H2,(H2,13,19). The molecule has 116 valence electrons. The molecular weight excluding hydrogens is 332 g/mol. The topological polar surface area (TPSA) is 106 Å². The number of benzene rings is 1. The predicted molar refractivity (Wildman–Crippen MR) is 85.1 cm³/mol. The molecule has 3 N–H and O–H groups in total. The molecule has 0 amide bonds. The summed E-state index contributed by atoms with van der Waals surface area (Å²) >= 11 is 4.90. The number of sulfone groups is 1. The van der Waals surface area contributed by atoms with Crippen molar-refractivity contribution in [3.8, 4) is 0 Å². The van der Waals surface area contributed by atoms with Crippen molar-refractivity contribution < 1.29 is 16.8 Å². The van der Waals surface area contributed by atoms with Crippen molar-refractivity contribution in [2.24, 2.45) is 5.73 Å². The third-order valence-corrected chi connectivity index (χ3v) is 6.58. The number of hydrogen-bond acceptors (Lipinski definition) is 5. The van der Waals surface area contributed by atoms with Crippen LogP contribution in [0.4, 0.5) is 0 Å². The summed E-state index contributed by atoms with van der Waals surface area (Å²) in [6.45, 7) is 0. The van der Waals surface area contributed by atoms with Crippen LogP contribution in [0, 0.1) is 0 Å². The van der Waals surface area contributed by atoms with Crippen LogP contribution in [0.15, 0.2) is 24.3 Å². The van der Waals surface area contributed by atoms with Crippen LogP contribution in [-0.2, 0) is 25.6 Å². The molecule has 0 aromatic heterocycles. The van der Waals surface area contributed by atoms with Gasteiger partial charge in [0.2, 0.25) is 10.0 Å².